The number of halogens is 4. The van der Waals surface area contributed by atoms with Gasteiger partial charge < -0.3 is 15.1 Å². The van der Waals surface area contributed by atoms with Crippen LogP contribution in [0.15, 0.2) is 42.6 Å². The first-order valence-electron chi connectivity index (χ1n) is 11.9. The Labute approximate surface area is 199 Å². The van der Waals surface area contributed by atoms with Gasteiger partial charge in [-0.1, -0.05) is 0 Å². The Morgan fingerprint density at radius 3 is 2.40 bits per heavy atom. The Bertz CT molecular complexity index is 1200. The molecule has 2 fully saturated rings. The van der Waals surface area contributed by atoms with Crippen LogP contribution in [0.2, 0.25) is 0 Å². The van der Waals surface area contributed by atoms with Crippen molar-refractivity contribution in [3.63, 3.8) is 0 Å². The van der Waals surface area contributed by atoms with Crippen LogP contribution in [0.25, 0.3) is 0 Å². The topological polar surface area (TPSA) is 62.1 Å². The van der Waals surface area contributed by atoms with Gasteiger partial charge in [-0.2, -0.15) is 18.2 Å². The van der Waals surface area contributed by atoms with Crippen LogP contribution in [0.3, 0.4) is 0 Å². The van der Waals surface area contributed by atoms with Gasteiger partial charge in [-0.15, -0.1) is 5.10 Å². The van der Waals surface area contributed by atoms with E-state index in [4.69, 9.17) is 4.98 Å². The summed E-state index contributed by atoms with van der Waals surface area (Å²) >= 11 is 0. The number of rotatable bonds is 4. The molecule has 1 saturated carbocycles. The Morgan fingerprint density at radius 1 is 0.943 bits per heavy atom. The van der Waals surface area contributed by atoms with E-state index < -0.39 is 11.9 Å². The van der Waals surface area contributed by atoms with Crippen molar-refractivity contribution in [1.82, 2.24) is 19.7 Å². The van der Waals surface area contributed by atoms with Crippen molar-refractivity contribution in [2.24, 2.45) is 11.8 Å². The van der Waals surface area contributed by atoms with Crippen molar-refractivity contribution in [2.45, 2.75) is 38.0 Å². The summed E-state index contributed by atoms with van der Waals surface area (Å²) in [5, 5.41) is 8.22. The number of nitrogens with zero attached hydrogens (tertiary/aromatic N) is 6. The molecule has 3 atom stereocenters. The summed E-state index contributed by atoms with van der Waals surface area (Å²) in [6.45, 7) is 2.88. The molecule has 7 nitrogen and oxygen atoms in total. The maximum atomic E-state index is 13.4. The minimum atomic E-state index is -4.46. The van der Waals surface area contributed by atoms with Gasteiger partial charge in [-0.3, -0.25) is 4.98 Å². The van der Waals surface area contributed by atoms with Gasteiger partial charge >= 0.3 is 6.18 Å². The first kappa shape index (κ1) is 22.1. The van der Waals surface area contributed by atoms with E-state index in [9.17, 15) is 17.6 Å². The molecule has 184 valence electrons. The summed E-state index contributed by atoms with van der Waals surface area (Å²) in [4.78, 5) is 12.3. The van der Waals surface area contributed by atoms with Gasteiger partial charge in [0, 0.05) is 49.8 Å². The standard InChI is InChI=1S/C24H25F4N7/c25-17-4-6-18(7-5-17)34-10-1-11-35-23(34)31-22(32-35)30-21-15-2-3-16(21)14-33(13-15)19-8-9-29-20(12-19)24(26,27)28/h4-9,12,15-16,21H,1-3,10-11,13-14H2,(H,30,32)/t15-,16+,21-. The monoisotopic (exact) mass is 487 g/mol. The smallest absolute Gasteiger partial charge is 0.371 e. The molecule has 1 N–H and O–H groups in total. The molecule has 1 aliphatic carbocycles. The second-order valence-corrected chi connectivity index (χ2v) is 9.51. The minimum absolute atomic E-state index is 0.166. The second kappa shape index (κ2) is 8.39. The van der Waals surface area contributed by atoms with Crippen LogP contribution in [0, 0.1) is 17.7 Å². The van der Waals surface area contributed by atoms with E-state index in [1.807, 2.05) is 14.5 Å². The Kier molecular flexibility index (Phi) is 5.30. The predicted octanol–water partition coefficient (Wildman–Crippen LogP) is 4.70. The maximum absolute atomic E-state index is 13.4. The van der Waals surface area contributed by atoms with Crippen LogP contribution < -0.4 is 15.1 Å². The highest BCUT2D eigenvalue weighted by molar-refractivity contribution is 5.59. The minimum Gasteiger partial charge on any atom is -0.371 e. The number of aryl methyl sites for hydroxylation is 1. The second-order valence-electron chi connectivity index (χ2n) is 9.51. The lowest BCUT2D eigenvalue weighted by molar-refractivity contribution is -0.141. The number of benzene rings is 1. The van der Waals surface area contributed by atoms with Crippen LogP contribution in [-0.2, 0) is 12.7 Å². The fourth-order valence-electron chi connectivity index (χ4n) is 5.68. The number of alkyl halides is 3. The van der Waals surface area contributed by atoms with Crippen LogP contribution in [0.1, 0.15) is 25.0 Å². The molecule has 3 aromatic rings. The van der Waals surface area contributed by atoms with Crippen LogP contribution in [0.4, 0.5) is 40.8 Å². The summed E-state index contributed by atoms with van der Waals surface area (Å²) in [5.41, 5.74) is 0.574. The summed E-state index contributed by atoms with van der Waals surface area (Å²) in [6.07, 6.45) is -0.307. The van der Waals surface area contributed by atoms with E-state index in [0.29, 0.717) is 24.7 Å². The van der Waals surface area contributed by atoms with Gasteiger partial charge in [-0.25, -0.2) is 9.07 Å². The largest absolute Gasteiger partial charge is 0.433 e. The molecule has 0 unspecified atom stereocenters. The molecule has 4 heterocycles. The Hall–Kier alpha value is -3.37. The summed E-state index contributed by atoms with van der Waals surface area (Å²) in [6, 6.07) is 9.32. The zero-order valence-corrected chi connectivity index (χ0v) is 18.9. The lowest BCUT2D eigenvalue weighted by Gasteiger charge is -2.39. The molecule has 2 aliphatic heterocycles. The van der Waals surface area contributed by atoms with Crippen molar-refractivity contribution < 1.29 is 17.6 Å². The molecular weight excluding hydrogens is 462 g/mol. The molecule has 0 spiro atoms. The van der Waals surface area contributed by atoms with Gasteiger partial charge in [0.2, 0.25) is 11.9 Å². The predicted molar refractivity (Wildman–Crippen MR) is 123 cm³/mol. The quantitative estimate of drug-likeness (QED) is 0.539. The zero-order valence-electron chi connectivity index (χ0n) is 18.9. The Morgan fingerprint density at radius 2 is 1.69 bits per heavy atom. The highest BCUT2D eigenvalue weighted by atomic mass is 19.4. The van der Waals surface area contributed by atoms with E-state index in [1.165, 1.54) is 18.3 Å². The Balaban J connectivity index is 1.18. The number of aromatic nitrogens is 4. The number of piperidine rings is 1. The number of fused-ring (bicyclic) bond motifs is 3. The number of hydrogen-bond acceptors (Lipinski definition) is 6. The molecule has 0 amide bonds. The third-order valence-electron chi connectivity index (χ3n) is 7.31. The molecule has 0 radical (unpaired) electrons. The first-order valence-corrected chi connectivity index (χ1v) is 11.9. The van der Waals surface area contributed by atoms with Gasteiger partial charge in [0.15, 0.2) is 0 Å². The normalized spacial score (nSPS) is 23.9. The number of anilines is 4. The van der Waals surface area contributed by atoms with E-state index in [2.05, 4.69) is 15.4 Å². The summed E-state index contributed by atoms with van der Waals surface area (Å²) < 4.78 is 54.6. The van der Waals surface area contributed by atoms with Gasteiger partial charge in [0.05, 0.1) is 0 Å². The first-order chi connectivity index (χ1) is 16.8. The lowest BCUT2D eigenvalue weighted by Crippen LogP contribution is -2.48. The van der Waals surface area contributed by atoms with Gasteiger partial charge in [0.1, 0.15) is 11.5 Å². The van der Waals surface area contributed by atoms with Gasteiger partial charge in [0.25, 0.3) is 0 Å². The van der Waals surface area contributed by atoms with E-state index in [-0.39, 0.29) is 23.7 Å². The third kappa shape index (κ3) is 4.17. The molecular formula is C24H25F4N7. The average Bonchev–Trinajstić information content (AvgIpc) is 3.35. The molecule has 35 heavy (non-hydrogen) atoms. The number of nitrogens with one attached hydrogen (secondary N) is 1. The zero-order chi connectivity index (χ0) is 24.2. The van der Waals surface area contributed by atoms with Gasteiger partial charge in [-0.05, 0) is 67.5 Å². The van der Waals surface area contributed by atoms with E-state index in [0.717, 1.165) is 50.1 Å². The molecule has 2 bridgehead atoms. The maximum Gasteiger partial charge on any atom is 0.433 e. The lowest BCUT2D eigenvalue weighted by atomic mass is 9.92. The fourth-order valence-corrected chi connectivity index (χ4v) is 5.68. The van der Waals surface area contributed by atoms with Crippen LogP contribution >= 0.6 is 0 Å². The SMILES string of the molecule is Fc1ccc(N2CCCn3nc(N[C@@H]4[C@@H]5CC[C@H]4CN(c4ccnc(C(F)(F)F)c4)C5)nc32)cc1. The molecule has 6 rings (SSSR count). The highest BCUT2D eigenvalue weighted by Crippen LogP contribution is 2.41. The number of pyridine rings is 1. The van der Waals surface area contributed by atoms with Crippen molar-refractivity contribution in [3.8, 4) is 0 Å². The summed E-state index contributed by atoms with van der Waals surface area (Å²) in [7, 11) is 0. The van der Waals surface area contributed by atoms with Crippen molar-refractivity contribution in [2.75, 3.05) is 34.8 Å². The molecule has 11 heteroatoms. The van der Waals surface area contributed by atoms with Crippen molar-refractivity contribution in [1.29, 1.82) is 0 Å². The van der Waals surface area contributed by atoms with Crippen molar-refractivity contribution in [3.05, 3.63) is 54.1 Å². The van der Waals surface area contributed by atoms with Crippen molar-refractivity contribution >= 4 is 23.3 Å². The van der Waals surface area contributed by atoms with E-state index in [1.54, 1.807) is 18.2 Å². The fraction of sp³-hybridized carbons (Fsp3) is 0.458. The molecule has 3 aliphatic rings. The van der Waals surface area contributed by atoms with Crippen LogP contribution in [-0.4, -0.2) is 45.4 Å². The average molecular weight is 488 g/mol. The van der Waals surface area contributed by atoms with Crippen LogP contribution in [0.5, 0.6) is 0 Å². The van der Waals surface area contributed by atoms with E-state index >= 15 is 0 Å². The molecule has 1 aromatic carbocycles. The molecule has 1 saturated heterocycles. The number of hydrogen-bond donors (Lipinski definition) is 1. The highest BCUT2D eigenvalue weighted by Gasteiger charge is 2.43. The summed E-state index contributed by atoms with van der Waals surface area (Å²) in [5.74, 6) is 1.58. The molecule has 2 aromatic heterocycles. The third-order valence-corrected chi connectivity index (χ3v) is 7.31.